The highest BCUT2D eigenvalue weighted by Gasteiger charge is 2.63. The summed E-state index contributed by atoms with van der Waals surface area (Å²) < 4.78 is 5.74. The number of nitrogens with one attached hydrogen (secondary N) is 1. The number of rotatable bonds is 0. The van der Waals surface area contributed by atoms with Gasteiger partial charge in [0, 0.05) is 6.42 Å². The largest absolute Gasteiger partial charge is 0.494 e. The number of hydrogen-bond donors (Lipinski definition) is 4. The summed E-state index contributed by atoms with van der Waals surface area (Å²) in [6.07, 6.45) is -0.224. The van der Waals surface area contributed by atoms with Crippen LogP contribution in [0.15, 0.2) is 0 Å². The molecule has 0 aliphatic carbocycles. The van der Waals surface area contributed by atoms with Gasteiger partial charge in [0.2, 0.25) is 0 Å². The Morgan fingerprint density at radius 3 is 2.53 bits per heavy atom. The first kappa shape index (κ1) is 9.06. The third-order valence-electron chi connectivity index (χ3n) is 3.64. The van der Waals surface area contributed by atoms with Gasteiger partial charge in [-0.05, 0) is 13.8 Å². The molecule has 1 fully saturated rings. The van der Waals surface area contributed by atoms with Crippen LogP contribution in [0.3, 0.4) is 0 Å². The number of aromatic amines is 1. The molecule has 0 aromatic carbocycles. The average Bonchev–Trinajstić information content (AvgIpc) is 2.58. The number of aliphatic hydroxyl groups excluding tert-OH is 1. The van der Waals surface area contributed by atoms with E-state index >= 15 is 0 Å². The Morgan fingerprint density at radius 2 is 1.87 bits per heavy atom. The SMILES string of the molecule is CC12C[C@H](O)C(C)(O1)c1c(O)[nH]c(O)c12. The van der Waals surface area contributed by atoms with Gasteiger partial charge in [-0.15, -0.1) is 0 Å². The number of aliphatic hydroxyl groups is 1. The third kappa shape index (κ3) is 0.778. The van der Waals surface area contributed by atoms with E-state index in [9.17, 15) is 15.3 Å². The van der Waals surface area contributed by atoms with Crippen LogP contribution in [0.4, 0.5) is 0 Å². The van der Waals surface area contributed by atoms with Gasteiger partial charge in [-0.3, -0.25) is 4.98 Å². The molecule has 5 heteroatoms. The number of hydrogen-bond acceptors (Lipinski definition) is 4. The van der Waals surface area contributed by atoms with Gasteiger partial charge in [-0.2, -0.15) is 0 Å². The lowest BCUT2D eigenvalue weighted by Gasteiger charge is -2.25. The van der Waals surface area contributed by atoms with Crippen molar-refractivity contribution in [3.8, 4) is 11.8 Å². The van der Waals surface area contributed by atoms with Gasteiger partial charge < -0.3 is 20.1 Å². The molecule has 3 atom stereocenters. The fourth-order valence-corrected chi connectivity index (χ4v) is 2.98. The van der Waals surface area contributed by atoms with Gasteiger partial charge in [0.1, 0.15) is 5.60 Å². The second-order valence-corrected chi connectivity index (χ2v) is 4.73. The Balaban J connectivity index is 2.35. The van der Waals surface area contributed by atoms with Crippen molar-refractivity contribution in [2.75, 3.05) is 0 Å². The normalized spacial score (nSPS) is 42.2. The first-order valence-corrected chi connectivity index (χ1v) is 4.91. The summed E-state index contributed by atoms with van der Waals surface area (Å²) in [6, 6.07) is 0. The third-order valence-corrected chi connectivity index (χ3v) is 3.64. The molecular formula is C10H13NO4. The van der Waals surface area contributed by atoms with Crippen LogP contribution >= 0.6 is 0 Å². The van der Waals surface area contributed by atoms with E-state index in [0.29, 0.717) is 17.5 Å². The highest BCUT2D eigenvalue weighted by Crippen LogP contribution is 2.62. The predicted octanol–water partition coefficient (Wildman–Crippen LogP) is 0.651. The Hall–Kier alpha value is -1.20. The number of aromatic hydroxyl groups is 2. The Morgan fingerprint density at radius 1 is 1.27 bits per heavy atom. The molecule has 0 spiro atoms. The maximum atomic E-state index is 9.89. The van der Waals surface area contributed by atoms with E-state index in [1.807, 2.05) is 0 Å². The summed E-state index contributed by atoms with van der Waals surface area (Å²) in [7, 11) is 0. The highest BCUT2D eigenvalue weighted by molar-refractivity contribution is 5.56. The zero-order chi connectivity index (χ0) is 11.0. The molecule has 15 heavy (non-hydrogen) atoms. The highest BCUT2D eigenvalue weighted by atomic mass is 16.6. The topological polar surface area (TPSA) is 85.7 Å². The van der Waals surface area contributed by atoms with Crippen molar-refractivity contribution in [3.05, 3.63) is 11.1 Å². The average molecular weight is 211 g/mol. The van der Waals surface area contributed by atoms with Crippen molar-refractivity contribution in [1.82, 2.24) is 4.98 Å². The quantitative estimate of drug-likeness (QED) is 0.507. The van der Waals surface area contributed by atoms with Gasteiger partial charge >= 0.3 is 0 Å². The van der Waals surface area contributed by atoms with Crippen LogP contribution in [-0.4, -0.2) is 26.4 Å². The minimum absolute atomic E-state index is 0.0689. The van der Waals surface area contributed by atoms with Crippen molar-refractivity contribution in [3.63, 3.8) is 0 Å². The fourth-order valence-electron chi connectivity index (χ4n) is 2.98. The second-order valence-electron chi connectivity index (χ2n) is 4.73. The Bertz CT molecular complexity index is 455. The minimum Gasteiger partial charge on any atom is -0.494 e. The molecule has 3 heterocycles. The van der Waals surface area contributed by atoms with E-state index in [1.165, 1.54) is 0 Å². The summed E-state index contributed by atoms with van der Waals surface area (Å²) in [6.45, 7) is 3.53. The van der Waals surface area contributed by atoms with Crippen LogP contribution in [0, 0.1) is 0 Å². The Labute approximate surface area is 86.3 Å². The molecule has 0 radical (unpaired) electrons. The van der Waals surface area contributed by atoms with Crippen LogP contribution in [0.25, 0.3) is 0 Å². The monoisotopic (exact) mass is 211 g/mol. The molecule has 3 rings (SSSR count). The molecule has 0 amide bonds. The van der Waals surface area contributed by atoms with Crippen molar-refractivity contribution >= 4 is 0 Å². The van der Waals surface area contributed by atoms with Crippen molar-refractivity contribution in [1.29, 1.82) is 0 Å². The number of H-pyrrole nitrogens is 1. The standard InChI is InChI=1S/C10H13NO4/c1-9-3-4(12)10(2,15-9)6-5(9)7(13)11-8(6)14/h4,11-14H,3H2,1-2H3/t4-,9?,10?/m0/s1. The molecule has 2 unspecified atom stereocenters. The number of fused-ring (bicyclic) bond motifs is 5. The van der Waals surface area contributed by atoms with E-state index in [2.05, 4.69) is 4.98 Å². The van der Waals surface area contributed by atoms with Crippen LogP contribution in [0.5, 0.6) is 11.8 Å². The van der Waals surface area contributed by atoms with Crippen molar-refractivity contribution in [2.45, 2.75) is 37.6 Å². The van der Waals surface area contributed by atoms with E-state index in [-0.39, 0.29) is 11.8 Å². The molecule has 4 N–H and O–H groups in total. The molecule has 2 bridgehead atoms. The maximum absolute atomic E-state index is 9.89. The van der Waals surface area contributed by atoms with Crippen LogP contribution in [0.2, 0.25) is 0 Å². The summed E-state index contributed by atoms with van der Waals surface area (Å²) in [5.74, 6) is -0.187. The smallest absolute Gasteiger partial charge is 0.197 e. The second kappa shape index (κ2) is 2.15. The molecule has 5 nitrogen and oxygen atoms in total. The molecule has 1 aromatic heterocycles. The fraction of sp³-hybridized carbons (Fsp3) is 0.600. The molecule has 82 valence electrons. The molecular weight excluding hydrogens is 198 g/mol. The van der Waals surface area contributed by atoms with Crippen molar-refractivity contribution < 1.29 is 20.1 Å². The Kier molecular flexibility index (Phi) is 1.30. The summed E-state index contributed by atoms with van der Waals surface area (Å²) in [5, 5.41) is 29.2. The van der Waals surface area contributed by atoms with E-state index in [4.69, 9.17) is 4.74 Å². The molecule has 0 saturated carbocycles. The lowest BCUT2D eigenvalue weighted by atomic mass is 9.78. The molecule has 1 saturated heterocycles. The molecule has 1 aromatic rings. The van der Waals surface area contributed by atoms with Crippen LogP contribution < -0.4 is 0 Å². The lowest BCUT2D eigenvalue weighted by Crippen LogP contribution is -2.32. The van der Waals surface area contributed by atoms with E-state index in [0.717, 1.165) is 0 Å². The molecule has 2 aliphatic heterocycles. The first-order chi connectivity index (χ1) is 6.88. The van der Waals surface area contributed by atoms with Gasteiger partial charge in [0.25, 0.3) is 0 Å². The predicted molar refractivity (Wildman–Crippen MR) is 50.5 cm³/mol. The minimum atomic E-state index is -0.911. The van der Waals surface area contributed by atoms with Crippen LogP contribution in [-0.2, 0) is 15.9 Å². The molecule has 2 aliphatic rings. The van der Waals surface area contributed by atoms with E-state index in [1.54, 1.807) is 13.8 Å². The van der Waals surface area contributed by atoms with E-state index < -0.39 is 17.3 Å². The number of aromatic nitrogens is 1. The van der Waals surface area contributed by atoms with Gasteiger partial charge in [-0.1, -0.05) is 0 Å². The van der Waals surface area contributed by atoms with Gasteiger partial charge in [0.05, 0.1) is 22.8 Å². The number of ether oxygens (including phenoxy) is 1. The van der Waals surface area contributed by atoms with Gasteiger partial charge in [-0.25, -0.2) is 0 Å². The zero-order valence-electron chi connectivity index (χ0n) is 8.53. The van der Waals surface area contributed by atoms with Crippen LogP contribution in [0.1, 0.15) is 31.4 Å². The van der Waals surface area contributed by atoms with Gasteiger partial charge in [0.15, 0.2) is 11.8 Å². The summed E-state index contributed by atoms with van der Waals surface area (Å²) in [5.41, 5.74) is -0.550. The summed E-state index contributed by atoms with van der Waals surface area (Å²) in [4.78, 5) is 2.47. The first-order valence-electron chi connectivity index (χ1n) is 4.91. The van der Waals surface area contributed by atoms with Crippen molar-refractivity contribution in [2.24, 2.45) is 0 Å². The zero-order valence-corrected chi connectivity index (χ0v) is 8.53. The lowest BCUT2D eigenvalue weighted by molar-refractivity contribution is -0.0934. The maximum Gasteiger partial charge on any atom is 0.197 e. The summed E-state index contributed by atoms with van der Waals surface area (Å²) >= 11 is 0.